The van der Waals surface area contributed by atoms with Gasteiger partial charge in [-0.1, -0.05) is 19.8 Å². The van der Waals surface area contributed by atoms with Gasteiger partial charge in [-0.25, -0.2) is 4.79 Å². The summed E-state index contributed by atoms with van der Waals surface area (Å²) in [5.41, 5.74) is 0. The van der Waals surface area contributed by atoms with Crippen LogP contribution in [0.1, 0.15) is 32.6 Å². The summed E-state index contributed by atoms with van der Waals surface area (Å²) in [6.45, 7) is 5.22. The molecule has 2 aliphatic rings. The molecule has 2 N–H and O–H groups in total. The summed E-state index contributed by atoms with van der Waals surface area (Å²) < 4.78 is 21.6. The molecule has 0 saturated carbocycles. The average Bonchev–Trinajstić information content (AvgIpc) is 3.26. The number of hydrogen-bond donors (Lipinski definition) is 2. The van der Waals surface area contributed by atoms with Crippen LogP contribution in [0, 0.1) is 0 Å². The molecule has 2 aliphatic heterocycles. The predicted octanol–water partition coefficient (Wildman–Crippen LogP) is 1.95. The number of ether oxygens (including phenoxy) is 4. The molecule has 0 aromatic carbocycles. The van der Waals surface area contributed by atoms with Gasteiger partial charge in [0.25, 0.3) is 0 Å². The number of unbranched alkanes of at least 4 members (excludes halogenated alkanes) is 2. The Morgan fingerprint density at radius 1 is 1.15 bits per heavy atom. The van der Waals surface area contributed by atoms with Gasteiger partial charge in [-0.05, 0) is 12.8 Å². The van der Waals surface area contributed by atoms with Crippen LogP contribution in [0.3, 0.4) is 0 Å². The first kappa shape index (κ1) is 17.2. The van der Waals surface area contributed by atoms with Crippen LogP contribution in [0.15, 0.2) is 0 Å². The van der Waals surface area contributed by atoms with Gasteiger partial charge < -0.3 is 29.2 Å². The molecule has 0 aromatic rings. The van der Waals surface area contributed by atoms with Crippen molar-refractivity contribution in [1.82, 2.24) is 0 Å². The molecule has 2 saturated heterocycles. The van der Waals surface area contributed by atoms with Crippen molar-refractivity contribution >= 4 is 6.16 Å². The monoisotopic (exact) mass is 292 g/mol. The number of rotatable bonds is 10. The lowest BCUT2D eigenvalue weighted by Gasteiger charge is -2.17. The summed E-state index contributed by atoms with van der Waals surface area (Å²) in [4.78, 5) is 8.56. The second-order valence-electron chi connectivity index (χ2n) is 4.79. The van der Waals surface area contributed by atoms with Crippen molar-refractivity contribution in [3.8, 4) is 0 Å². The van der Waals surface area contributed by atoms with Crippen LogP contribution in [-0.2, 0) is 18.9 Å². The van der Waals surface area contributed by atoms with Gasteiger partial charge in [-0.15, -0.1) is 0 Å². The van der Waals surface area contributed by atoms with Gasteiger partial charge in [-0.3, -0.25) is 0 Å². The first-order chi connectivity index (χ1) is 9.61. The van der Waals surface area contributed by atoms with Gasteiger partial charge in [0.15, 0.2) is 6.29 Å². The quantitative estimate of drug-likeness (QED) is 0.360. The highest BCUT2D eigenvalue weighted by Crippen LogP contribution is 2.16. The van der Waals surface area contributed by atoms with Gasteiger partial charge in [-0.2, -0.15) is 0 Å². The summed E-state index contributed by atoms with van der Waals surface area (Å²) in [7, 11) is 0. The van der Waals surface area contributed by atoms with E-state index < -0.39 is 6.16 Å². The van der Waals surface area contributed by atoms with E-state index in [1.807, 2.05) is 0 Å². The maximum Gasteiger partial charge on any atom is 0.503 e. The summed E-state index contributed by atoms with van der Waals surface area (Å²) in [5.74, 6) is 0. The number of carboxylic acid groups (broad SMARTS) is 2. The normalized spacial score (nSPS) is 24.4. The molecular weight excluding hydrogens is 268 g/mol. The lowest BCUT2D eigenvalue weighted by atomic mass is 10.2. The van der Waals surface area contributed by atoms with Crippen molar-refractivity contribution < 1.29 is 34.0 Å². The van der Waals surface area contributed by atoms with E-state index in [1.165, 1.54) is 12.8 Å². The Labute approximate surface area is 118 Å². The lowest BCUT2D eigenvalue weighted by molar-refractivity contribution is -0.151. The number of epoxide rings is 2. The maximum absolute atomic E-state index is 8.56. The summed E-state index contributed by atoms with van der Waals surface area (Å²) in [6, 6.07) is 0. The van der Waals surface area contributed by atoms with E-state index in [1.54, 1.807) is 0 Å². The maximum atomic E-state index is 8.56. The SMILES string of the molecule is CCCCCC(OCC1CO1)OCC1CO1.O=C(O)O. The fraction of sp³-hybridized carbons (Fsp3) is 0.923. The van der Waals surface area contributed by atoms with Crippen molar-refractivity contribution in [3.05, 3.63) is 0 Å². The van der Waals surface area contributed by atoms with E-state index in [2.05, 4.69) is 6.92 Å². The Kier molecular flexibility index (Phi) is 8.52. The van der Waals surface area contributed by atoms with Crippen molar-refractivity contribution in [2.75, 3.05) is 26.4 Å². The third-order valence-corrected chi connectivity index (χ3v) is 2.78. The predicted molar refractivity (Wildman–Crippen MR) is 70.0 cm³/mol. The summed E-state index contributed by atoms with van der Waals surface area (Å²) in [6.07, 6.45) is 3.34. The molecule has 2 heterocycles. The standard InChI is InChI=1S/C12H22O4.CH2O3/c1-2-3-4-5-12(15-8-10-6-13-10)16-9-11-7-14-11;2-1(3)4/h10-12H,2-9H2,1H3;(H2,2,3,4). The molecule has 7 heteroatoms. The minimum atomic E-state index is -1.83. The second-order valence-corrected chi connectivity index (χ2v) is 4.79. The average molecular weight is 292 g/mol. The van der Waals surface area contributed by atoms with Crippen LogP contribution < -0.4 is 0 Å². The number of hydrogen-bond acceptors (Lipinski definition) is 5. The summed E-state index contributed by atoms with van der Waals surface area (Å²) >= 11 is 0. The minimum Gasteiger partial charge on any atom is -0.450 e. The fourth-order valence-corrected chi connectivity index (χ4v) is 1.53. The minimum absolute atomic E-state index is 0.0695. The molecule has 0 radical (unpaired) electrons. The molecule has 0 amide bonds. The third kappa shape index (κ3) is 11.0. The second kappa shape index (κ2) is 9.93. The van der Waals surface area contributed by atoms with E-state index in [4.69, 9.17) is 34.0 Å². The molecular formula is C13H24O7. The molecule has 0 spiro atoms. The van der Waals surface area contributed by atoms with E-state index >= 15 is 0 Å². The van der Waals surface area contributed by atoms with Crippen LogP contribution in [0.4, 0.5) is 4.79 Å². The van der Waals surface area contributed by atoms with Crippen LogP contribution in [0.5, 0.6) is 0 Å². The molecule has 2 atom stereocenters. The zero-order valence-electron chi connectivity index (χ0n) is 11.8. The largest absolute Gasteiger partial charge is 0.503 e. The van der Waals surface area contributed by atoms with Gasteiger partial charge in [0, 0.05) is 0 Å². The lowest BCUT2D eigenvalue weighted by Crippen LogP contribution is -2.22. The first-order valence-electron chi connectivity index (χ1n) is 7.00. The Morgan fingerprint density at radius 3 is 1.95 bits per heavy atom. The molecule has 2 rings (SSSR count). The highest BCUT2D eigenvalue weighted by Gasteiger charge is 2.27. The molecule has 7 nitrogen and oxygen atoms in total. The van der Waals surface area contributed by atoms with Gasteiger partial charge in [0.05, 0.1) is 26.4 Å². The van der Waals surface area contributed by atoms with Crippen molar-refractivity contribution in [1.29, 1.82) is 0 Å². The van der Waals surface area contributed by atoms with Crippen LogP contribution >= 0.6 is 0 Å². The molecule has 0 aliphatic carbocycles. The molecule has 2 fully saturated rings. The zero-order valence-corrected chi connectivity index (χ0v) is 11.8. The number of carbonyl (C=O) groups is 1. The van der Waals surface area contributed by atoms with Crippen LogP contribution in [0.2, 0.25) is 0 Å². The Morgan fingerprint density at radius 2 is 1.60 bits per heavy atom. The van der Waals surface area contributed by atoms with Gasteiger partial charge >= 0.3 is 6.16 Å². The zero-order chi connectivity index (χ0) is 14.8. The Balaban J connectivity index is 0.000000444. The van der Waals surface area contributed by atoms with E-state index in [-0.39, 0.29) is 6.29 Å². The fourth-order valence-electron chi connectivity index (χ4n) is 1.53. The van der Waals surface area contributed by atoms with E-state index in [0.29, 0.717) is 25.4 Å². The molecule has 20 heavy (non-hydrogen) atoms. The van der Waals surface area contributed by atoms with Gasteiger partial charge in [0.2, 0.25) is 0 Å². The molecule has 118 valence electrons. The molecule has 0 bridgehead atoms. The third-order valence-electron chi connectivity index (χ3n) is 2.78. The highest BCUT2D eigenvalue weighted by atomic mass is 16.7. The Hall–Kier alpha value is -0.890. The van der Waals surface area contributed by atoms with Crippen LogP contribution in [0.25, 0.3) is 0 Å². The van der Waals surface area contributed by atoms with Gasteiger partial charge in [0.1, 0.15) is 12.2 Å². The van der Waals surface area contributed by atoms with Crippen molar-refractivity contribution in [2.45, 2.75) is 51.1 Å². The first-order valence-corrected chi connectivity index (χ1v) is 7.00. The van der Waals surface area contributed by atoms with Crippen molar-refractivity contribution in [2.24, 2.45) is 0 Å². The van der Waals surface area contributed by atoms with Crippen LogP contribution in [-0.4, -0.2) is 61.3 Å². The van der Waals surface area contributed by atoms with Crippen molar-refractivity contribution in [3.63, 3.8) is 0 Å². The summed E-state index contributed by atoms with van der Waals surface area (Å²) in [5, 5.41) is 13.9. The molecule has 0 aromatic heterocycles. The Bertz CT molecular complexity index is 243. The molecule has 2 unspecified atom stereocenters. The van der Waals surface area contributed by atoms with E-state index in [9.17, 15) is 0 Å². The smallest absolute Gasteiger partial charge is 0.450 e. The topological polar surface area (TPSA) is 101 Å². The van der Waals surface area contributed by atoms with E-state index in [0.717, 1.165) is 26.1 Å². The highest BCUT2D eigenvalue weighted by molar-refractivity contribution is 5.53.